The zero-order valence-electron chi connectivity index (χ0n) is 9.23. The van der Waals surface area contributed by atoms with E-state index in [9.17, 15) is 4.79 Å². The second kappa shape index (κ2) is 4.31. The van der Waals surface area contributed by atoms with Gasteiger partial charge in [-0.3, -0.25) is 9.78 Å². The van der Waals surface area contributed by atoms with Crippen molar-refractivity contribution in [3.8, 4) is 0 Å². The summed E-state index contributed by atoms with van der Waals surface area (Å²) >= 11 is 0. The molecule has 2 aromatic rings. The van der Waals surface area contributed by atoms with E-state index in [0.717, 1.165) is 22.2 Å². The van der Waals surface area contributed by atoms with Crippen molar-refractivity contribution < 1.29 is 4.79 Å². The van der Waals surface area contributed by atoms with Gasteiger partial charge in [-0.05, 0) is 31.0 Å². The van der Waals surface area contributed by atoms with E-state index in [4.69, 9.17) is 5.73 Å². The summed E-state index contributed by atoms with van der Waals surface area (Å²) < 4.78 is 0. The Morgan fingerprint density at radius 1 is 1.31 bits per heavy atom. The van der Waals surface area contributed by atoms with Gasteiger partial charge in [0, 0.05) is 17.5 Å². The summed E-state index contributed by atoms with van der Waals surface area (Å²) in [6.07, 6.45) is 1.07. The lowest BCUT2D eigenvalue weighted by atomic mass is 10.1. The molecule has 2 rings (SSSR count). The van der Waals surface area contributed by atoms with Gasteiger partial charge >= 0.3 is 0 Å². The summed E-state index contributed by atoms with van der Waals surface area (Å²) in [7, 11) is 0. The molecule has 1 aromatic heterocycles. The van der Waals surface area contributed by atoms with Gasteiger partial charge in [-0.2, -0.15) is 0 Å². The van der Waals surface area contributed by atoms with Crippen molar-refractivity contribution in [2.24, 2.45) is 5.73 Å². The molecule has 16 heavy (non-hydrogen) atoms. The van der Waals surface area contributed by atoms with Crippen LogP contribution in [0.5, 0.6) is 0 Å². The second-order valence-electron chi connectivity index (χ2n) is 3.95. The molecule has 0 aliphatic rings. The summed E-state index contributed by atoms with van der Waals surface area (Å²) in [6, 6.07) is 10.1. The first-order chi connectivity index (χ1) is 7.65. The molecule has 0 aliphatic heterocycles. The lowest BCUT2D eigenvalue weighted by Gasteiger charge is -2.02. The third-order valence-electron chi connectivity index (χ3n) is 2.56. The molecule has 3 heteroatoms. The highest BCUT2D eigenvalue weighted by Gasteiger charge is 2.00. The fourth-order valence-electron chi connectivity index (χ4n) is 1.69. The fourth-order valence-corrected chi connectivity index (χ4v) is 1.69. The van der Waals surface area contributed by atoms with E-state index in [-0.39, 0.29) is 5.91 Å². The lowest BCUT2D eigenvalue weighted by Crippen LogP contribution is -2.11. The van der Waals surface area contributed by atoms with E-state index >= 15 is 0 Å². The second-order valence-corrected chi connectivity index (χ2v) is 3.95. The molecular formula is C13H14N2O. The molecule has 0 bridgehead atoms. The Bertz CT molecular complexity index is 534. The van der Waals surface area contributed by atoms with Gasteiger partial charge in [0.1, 0.15) is 0 Å². The molecule has 1 aromatic carbocycles. The number of primary amides is 1. The monoisotopic (exact) mass is 214 g/mol. The van der Waals surface area contributed by atoms with Crippen LogP contribution in [0.25, 0.3) is 10.9 Å². The van der Waals surface area contributed by atoms with Gasteiger partial charge in [-0.1, -0.05) is 18.2 Å². The van der Waals surface area contributed by atoms with Crippen molar-refractivity contribution in [2.75, 3.05) is 0 Å². The first kappa shape index (κ1) is 10.6. The number of aromatic nitrogens is 1. The largest absolute Gasteiger partial charge is 0.370 e. The van der Waals surface area contributed by atoms with Crippen molar-refractivity contribution in [1.29, 1.82) is 0 Å². The predicted molar refractivity (Wildman–Crippen MR) is 64.0 cm³/mol. The first-order valence-corrected chi connectivity index (χ1v) is 5.30. The third-order valence-corrected chi connectivity index (χ3v) is 2.56. The Kier molecular flexibility index (Phi) is 2.86. The van der Waals surface area contributed by atoms with E-state index in [1.54, 1.807) is 0 Å². The number of carbonyl (C=O) groups excluding carboxylic acids is 1. The highest BCUT2D eigenvalue weighted by Crippen LogP contribution is 2.15. The van der Waals surface area contributed by atoms with E-state index in [0.29, 0.717) is 12.8 Å². The van der Waals surface area contributed by atoms with Gasteiger partial charge in [-0.15, -0.1) is 0 Å². The average Bonchev–Trinajstić information content (AvgIpc) is 2.25. The molecular weight excluding hydrogens is 200 g/mol. The molecule has 1 amide bonds. The quantitative estimate of drug-likeness (QED) is 0.849. The molecule has 0 saturated heterocycles. The molecule has 82 valence electrons. The van der Waals surface area contributed by atoms with E-state index < -0.39 is 0 Å². The fraction of sp³-hybridized carbons (Fsp3) is 0.231. The summed E-state index contributed by atoms with van der Waals surface area (Å²) in [5.74, 6) is -0.266. The molecule has 0 saturated carbocycles. The highest BCUT2D eigenvalue weighted by atomic mass is 16.1. The van der Waals surface area contributed by atoms with Gasteiger partial charge in [-0.25, -0.2) is 0 Å². The number of fused-ring (bicyclic) bond motifs is 1. The Morgan fingerprint density at radius 2 is 2.06 bits per heavy atom. The molecule has 0 aliphatic carbocycles. The summed E-state index contributed by atoms with van der Waals surface area (Å²) in [4.78, 5) is 15.1. The Morgan fingerprint density at radius 3 is 2.81 bits per heavy atom. The minimum Gasteiger partial charge on any atom is -0.370 e. The van der Waals surface area contributed by atoms with E-state index in [2.05, 4.69) is 11.1 Å². The zero-order valence-corrected chi connectivity index (χ0v) is 9.23. The molecule has 2 N–H and O–H groups in total. The van der Waals surface area contributed by atoms with Crippen LogP contribution in [0.1, 0.15) is 17.7 Å². The number of hydrogen-bond acceptors (Lipinski definition) is 2. The molecule has 3 nitrogen and oxygen atoms in total. The van der Waals surface area contributed by atoms with Crippen LogP contribution in [-0.4, -0.2) is 10.9 Å². The number of carbonyl (C=O) groups is 1. The minimum absolute atomic E-state index is 0.266. The summed E-state index contributed by atoms with van der Waals surface area (Å²) in [5.41, 5.74) is 8.20. The number of nitrogens with zero attached hydrogens (tertiary/aromatic N) is 1. The maximum atomic E-state index is 10.7. The summed E-state index contributed by atoms with van der Waals surface area (Å²) in [5, 5.41) is 1.12. The van der Waals surface area contributed by atoms with Crippen LogP contribution < -0.4 is 5.73 Å². The maximum absolute atomic E-state index is 10.7. The van der Waals surface area contributed by atoms with Crippen LogP contribution in [0.2, 0.25) is 0 Å². The average molecular weight is 214 g/mol. The normalized spacial score (nSPS) is 10.6. The zero-order chi connectivity index (χ0) is 11.5. The van der Waals surface area contributed by atoms with Crippen LogP contribution in [0.4, 0.5) is 0 Å². The standard InChI is InChI=1S/C13H14N2O/c1-9-2-5-11-6-3-10(4-7-13(14)16)8-12(11)15-9/h2-3,5-6,8H,4,7H2,1H3,(H2,14,16). The Balaban J connectivity index is 2.31. The molecule has 1 heterocycles. The maximum Gasteiger partial charge on any atom is 0.217 e. The van der Waals surface area contributed by atoms with Crippen LogP contribution in [0.3, 0.4) is 0 Å². The van der Waals surface area contributed by atoms with Crippen LogP contribution in [0.15, 0.2) is 30.3 Å². The number of hydrogen-bond donors (Lipinski definition) is 1. The van der Waals surface area contributed by atoms with Crippen molar-refractivity contribution in [3.05, 3.63) is 41.6 Å². The highest BCUT2D eigenvalue weighted by molar-refractivity contribution is 5.79. The van der Waals surface area contributed by atoms with Crippen LogP contribution in [-0.2, 0) is 11.2 Å². The van der Waals surface area contributed by atoms with Crippen molar-refractivity contribution >= 4 is 16.8 Å². The van der Waals surface area contributed by atoms with Gasteiger partial charge in [0.25, 0.3) is 0 Å². The molecule has 0 unspecified atom stereocenters. The number of amides is 1. The molecule has 0 radical (unpaired) electrons. The van der Waals surface area contributed by atoms with Crippen molar-refractivity contribution in [1.82, 2.24) is 4.98 Å². The first-order valence-electron chi connectivity index (χ1n) is 5.30. The topological polar surface area (TPSA) is 56.0 Å². The number of rotatable bonds is 3. The molecule has 0 fully saturated rings. The Labute approximate surface area is 94.3 Å². The number of benzene rings is 1. The van der Waals surface area contributed by atoms with E-state index in [1.807, 2.05) is 31.2 Å². The molecule has 0 atom stereocenters. The van der Waals surface area contributed by atoms with Gasteiger partial charge in [0.15, 0.2) is 0 Å². The predicted octanol–water partition coefficient (Wildman–Crippen LogP) is 1.96. The molecule has 0 spiro atoms. The Hall–Kier alpha value is -1.90. The van der Waals surface area contributed by atoms with Gasteiger partial charge in [0.05, 0.1) is 5.52 Å². The van der Waals surface area contributed by atoms with Crippen LogP contribution >= 0.6 is 0 Å². The summed E-state index contributed by atoms with van der Waals surface area (Å²) in [6.45, 7) is 1.97. The smallest absolute Gasteiger partial charge is 0.217 e. The van der Waals surface area contributed by atoms with Gasteiger partial charge in [0.2, 0.25) is 5.91 Å². The van der Waals surface area contributed by atoms with Crippen LogP contribution in [0, 0.1) is 6.92 Å². The van der Waals surface area contributed by atoms with Gasteiger partial charge < -0.3 is 5.73 Å². The van der Waals surface area contributed by atoms with Crippen molar-refractivity contribution in [3.63, 3.8) is 0 Å². The lowest BCUT2D eigenvalue weighted by molar-refractivity contribution is -0.117. The number of aryl methyl sites for hydroxylation is 2. The minimum atomic E-state index is -0.266. The van der Waals surface area contributed by atoms with Crippen molar-refractivity contribution in [2.45, 2.75) is 19.8 Å². The van der Waals surface area contributed by atoms with E-state index in [1.165, 1.54) is 0 Å². The SMILES string of the molecule is Cc1ccc2ccc(CCC(N)=O)cc2n1. The number of pyridine rings is 1. The third kappa shape index (κ3) is 2.37. The number of nitrogens with two attached hydrogens (primary N) is 1.